The number of ether oxygens (including phenoxy) is 2. The number of hydrogen-bond acceptors (Lipinski definition) is 3. The quantitative estimate of drug-likeness (QED) is 0.380. The molecular weight excluding hydrogens is 166 g/mol. The van der Waals surface area contributed by atoms with Gasteiger partial charge < -0.3 is 14.8 Å². The van der Waals surface area contributed by atoms with Crippen molar-refractivity contribution in [1.29, 1.82) is 0 Å². The van der Waals surface area contributed by atoms with Gasteiger partial charge in [0.25, 0.3) is 0 Å². The molecule has 1 saturated heterocycles. The fraction of sp³-hybridized carbons (Fsp3) is 0.400. The van der Waals surface area contributed by atoms with E-state index in [2.05, 4.69) is 11.9 Å². The summed E-state index contributed by atoms with van der Waals surface area (Å²) in [4.78, 5) is 0. The number of rotatable bonds is 6. The van der Waals surface area contributed by atoms with Crippen LogP contribution in [0.2, 0.25) is 0 Å². The first kappa shape index (κ1) is 9.86. The van der Waals surface area contributed by atoms with Crippen molar-refractivity contribution in [3.8, 4) is 0 Å². The maximum absolute atomic E-state index is 5.29. The smallest absolute Gasteiger partial charge is 0.117 e. The number of epoxide rings is 1. The molecule has 1 heterocycles. The van der Waals surface area contributed by atoms with Gasteiger partial charge in [-0.1, -0.05) is 12.7 Å². The molecule has 1 aliphatic heterocycles. The molecule has 1 N–H and O–H groups in total. The van der Waals surface area contributed by atoms with E-state index in [0.29, 0.717) is 12.4 Å². The third-order valence-corrected chi connectivity index (χ3v) is 1.51. The van der Waals surface area contributed by atoms with Gasteiger partial charge in [-0.3, -0.25) is 0 Å². The standard InChI is InChI=1S/C10H15NO2/c1-9(5-3-4-6-11-2)12-7-10-8-13-10/h3-6,10-11H,1,7-8H2,2H3/b5-3-,6-4-. The van der Waals surface area contributed by atoms with Gasteiger partial charge in [0.2, 0.25) is 0 Å². The number of hydrogen-bond donors (Lipinski definition) is 1. The summed E-state index contributed by atoms with van der Waals surface area (Å²) in [5, 5.41) is 2.88. The molecule has 3 heteroatoms. The minimum Gasteiger partial charge on any atom is -0.491 e. The second-order valence-corrected chi connectivity index (χ2v) is 2.74. The van der Waals surface area contributed by atoms with Crippen molar-refractivity contribution in [2.45, 2.75) is 6.10 Å². The fourth-order valence-electron chi connectivity index (χ4n) is 0.727. The molecule has 0 aromatic rings. The first-order chi connectivity index (χ1) is 6.33. The average molecular weight is 181 g/mol. The Bertz CT molecular complexity index is 217. The summed E-state index contributed by atoms with van der Waals surface area (Å²) in [7, 11) is 1.85. The maximum Gasteiger partial charge on any atom is 0.117 e. The molecule has 0 saturated carbocycles. The van der Waals surface area contributed by atoms with Crippen LogP contribution in [0.1, 0.15) is 0 Å². The van der Waals surface area contributed by atoms with Gasteiger partial charge in [-0.05, 0) is 18.4 Å². The average Bonchev–Trinajstić information content (AvgIpc) is 2.92. The van der Waals surface area contributed by atoms with Crippen molar-refractivity contribution >= 4 is 0 Å². The Hall–Kier alpha value is -1.22. The maximum atomic E-state index is 5.29. The highest BCUT2D eigenvalue weighted by Gasteiger charge is 2.22. The van der Waals surface area contributed by atoms with E-state index in [1.807, 2.05) is 31.5 Å². The Morgan fingerprint density at radius 1 is 1.69 bits per heavy atom. The van der Waals surface area contributed by atoms with E-state index in [1.54, 1.807) is 0 Å². The van der Waals surface area contributed by atoms with Crippen molar-refractivity contribution in [2.75, 3.05) is 20.3 Å². The number of nitrogens with one attached hydrogen (secondary N) is 1. The molecule has 3 nitrogen and oxygen atoms in total. The van der Waals surface area contributed by atoms with Gasteiger partial charge in [-0.15, -0.1) is 0 Å². The van der Waals surface area contributed by atoms with E-state index in [9.17, 15) is 0 Å². The molecule has 1 unspecified atom stereocenters. The molecule has 1 atom stereocenters. The molecular formula is C10H15NO2. The number of allylic oxidation sites excluding steroid dienone is 3. The minimum absolute atomic E-state index is 0.290. The Kier molecular flexibility index (Phi) is 4.12. The van der Waals surface area contributed by atoms with Crippen molar-refractivity contribution in [1.82, 2.24) is 5.32 Å². The van der Waals surface area contributed by atoms with Crippen molar-refractivity contribution in [2.24, 2.45) is 0 Å². The first-order valence-electron chi connectivity index (χ1n) is 4.26. The van der Waals surface area contributed by atoms with Crippen LogP contribution in [0, 0.1) is 0 Å². The molecule has 0 aliphatic carbocycles. The molecule has 72 valence electrons. The zero-order valence-corrected chi connectivity index (χ0v) is 7.82. The van der Waals surface area contributed by atoms with Crippen LogP contribution >= 0.6 is 0 Å². The highest BCUT2D eigenvalue weighted by atomic mass is 16.6. The van der Waals surface area contributed by atoms with Crippen LogP contribution in [0.4, 0.5) is 0 Å². The monoisotopic (exact) mass is 181 g/mol. The van der Waals surface area contributed by atoms with Crippen LogP contribution in [0.3, 0.4) is 0 Å². The molecule has 1 aliphatic rings. The lowest BCUT2D eigenvalue weighted by molar-refractivity contribution is 0.194. The summed E-state index contributed by atoms with van der Waals surface area (Å²) in [6.07, 6.45) is 7.68. The highest BCUT2D eigenvalue weighted by molar-refractivity contribution is 5.13. The van der Waals surface area contributed by atoms with E-state index >= 15 is 0 Å². The summed E-state index contributed by atoms with van der Waals surface area (Å²) in [6.45, 7) is 5.16. The Balaban J connectivity index is 2.07. The first-order valence-corrected chi connectivity index (χ1v) is 4.26. The van der Waals surface area contributed by atoms with E-state index in [-0.39, 0.29) is 6.10 Å². The van der Waals surface area contributed by atoms with Crippen molar-refractivity contribution in [3.05, 3.63) is 36.8 Å². The predicted octanol–water partition coefficient (Wildman–Crippen LogP) is 1.20. The molecule has 0 spiro atoms. The molecule has 13 heavy (non-hydrogen) atoms. The lowest BCUT2D eigenvalue weighted by Gasteiger charge is -2.01. The summed E-state index contributed by atoms with van der Waals surface area (Å²) >= 11 is 0. The van der Waals surface area contributed by atoms with E-state index in [4.69, 9.17) is 9.47 Å². The molecule has 0 aromatic carbocycles. The van der Waals surface area contributed by atoms with Crippen LogP contribution in [-0.2, 0) is 9.47 Å². The Morgan fingerprint density at radius 2 is 2.46 bits per heavy atom. The van der Waals surface area contributed by atoms with E-state index < -0.39 is 0 Å². The lowest BCUT2D eigenvalue weighted by atomic mass is 10.4. The molecule has 0 aromatic heterocycles. The van der Waals surface area contributed by atoms with Crippen LogP contribution in [0.15, 0.2) is 36.8 Å². The summed E-state index contributed by atoms with van der Waals surface area (Å²) in [5.41, 5.74) is 0. The molecule has 0 radical (unpaired) electrons. The second kappa shape index (κ2) is 5.43. The van der Waals surface area contributed by atoms with Gasteiger partial charge in [0.1, 0.15) is 18.5 Å². The van der Waals surface area contributed by atoms with Gasteiger partial charge in [0, 0.05) is 7.05 Å². The van der Waals surface area contributed by atoms with E-state index in [1.165, 1.54) is 0 Å². The SMILES string of the molecule is C=C(/C=C\C=C/NC)OCC1CO1. The summed E-state index contributed by atoms with van der Waals surface area (Å²) in [5.74, 6) is 0.663. The molecule has 0 bridgehead atoms. The van der Waals surface area contributed by atoms with Crippen LogP contribution in [-0.4, -0.2) is 26.4 Å². The summed E-state index contributed by atoms with van der Waals surface area (Å²) in [6, 6.07) is 0. The minimum atomic E-state index is 0.290. The van der Waals surface area contributed by atoms with Crippen molar-refractivity contribution in [3.63, 3.8) is 0 Å². The van der Waals surface area contributed by atoms with Gasteiger partial charge in [-0.2, -0.15) is 0 Å². The van der Waals surface area contributed by atoms with Crippen LogP contribution in [0.25, 0.3) is 0 Å². The topological polar surface area (TPSA) is 33.8 Å². The molecule has 0 amide bonds. The zero-order valence-electron chi connectivity index (χ0n) is 7.82. The highest BCUT2D eigenvalue weighted by Crippen LogP contribution is 2.10. The van der Waals surface area contributed by atoms with Gasteiger partial charge in [-0.25, -0.2) is 0 Å². The van der Waals surface area contributed by atoms with E-state index in [0.717, 1.165) is 6.61 Å². The second-order valence-electron chi connectivity index (χ2n) is 2.74. The summed E-state index contributed by atoms with van der Waals surface area (Å²) < 4.78 is 10.3. The van der Waals surface area contributed by atoms with Gasteiger partial charge >= 0.3 is 0 Å². The molecule has 1 rings (SSSR count). The lowest BCUT2D eigenvalue weighted by Crippen LogP contribution is -1.98. The van der Waals surface area contributed by atoms with Crippen LogP contribution < -0.4 is 5.32 Å². The van der Waals surface area contributed by atoms with Crippen LogP contribution in [0.5, 0.6) is 0 Å². The Morgan fingerprint density at radius 3 is 3.08 bits per heavy atom. The Labute approximate surface area is 78.7 Å². The largest absolute Gasteiger partial charge is 0.491 e. The molecule has 1 fully saturated rings. The van der Waals surface area contributed by atoms with Gasteiger partial charge in [0.15, 0.2) is 0 Å². The fourth-order valence-corrected chi connectivity index (χ4v) is 0.727. The third-order valence-electron chi connectivity index (χ3n) is 1.51. The normalized spacial score (nSPS) is 20.8. The van der Waals surface area contributed by atoms with Gasteiger partial charge in [0.05, 0.1) is 6.61 Å². The zero-order chi connectivity index (χ0) is 9.52. The van der Waals surface area contributed by atoms with Crippen molar-refractivity contribution < 1.29 is 9.47 Å². The predicted molar refractivity (Wildman–Crippen MR) is 52.2 cm³/mol. The third kappa shape index (κ3) is 5.09.